The molecule has 0 heterocycles. The molecule has 0 fully saturated rings. The van der Waals surface area contributed by atoms with Crippen molar-refractivity contribution in [3.63, 3.8) is 0 Å². The lowest BCUT2D eigenvalue weighted by molar-refractivity contribution is -0.137. The van der Waals surface area contributed by atoms with E-state index in [1.54, 1.807) is 30.4 Å². The Morgan fingerprint density at radius 1 is 0.955 bits per heavy atom. The Kier molecular flexibility index (Phi) is 13.2. The van der Waals surface area contributed by atoms with Gasteiger partial charge >= 0.3 is 5.97 Å². The minimum atomic E-state index is -0.734. The van der Waals surface area contributed by atoms with Gasteiger partial charge in [-0.3, -0.25) is 9.59 Å². The van der Waals surface area contributed by atoms with Crippen LogP contribution in [0.15, 0.2) is 36.5 Å². The molecule has 0 aliphatic heterocycles. The number of carbonyl (C=O) groups is 2. The topological polar surface area (TPSA) is 74.6 Å². The molecule has 0 rings (SSSR count). The molecule has 4 nitrogen and oxygen atoms in total. The lowest BCUT2D eigenvalue weighted by atomic mass is 10.1. The molecule has 0 radical (unpaired) electrons. The second-order valence-electron chi connectivity index (χ2n) is 5.22. The van der Waals surface area contributed by atoms with Crippen molar-refractivity contribution in [2.24, 2.45) is 0 Å². The molecule has 0 aromatic heterocycles. The minimum Gasteiger partial charge on any atom is -0.481 e. The zero-order valence-electron chi connectivity index (χ0n) is 13.4. The number of carboxylic acids is 1. The summed E-state index contributed by atoms with van der Waals surface area (Å²) in [6.45, 7) is 1.82. The van der Waals surface area contributed by atoms with Gasteiger partial charge in [0.25, 0.3) is 0 Å². The van der Waals surface area contributed by atoms with Crippen LogP contribution in [0.5, 0.6) is 0 Å². The van der Waals surface area contributed by atoms with Crippen molar-refractivity contribution >= 4 is 11.8 Å². The number of unbranched alkanes of at least 4 members (excludes halogenated alkanes) is 4. The van der Waals surface area contributed by atoms with Gasteiger partial charge in [0, 0.05) is 12.8 Å². The van der Waals surface area contributed by atoms with Gasteiger partial charge in [-0.1, -0.05) is 63.0 Å². The fourth-order valence-corrected chi connectivity index (χ4v) is 1.86. The van der Waals surface area contributed by atoms with Crippen molar-refractivity contribution in [3.8, 4) is 0 Å². The highest BCUT2D eigenvalue weighted by Gasteiger charge is 1.99. The summed E-state index contributed by atoms with van der Waals surface area (Å²) >= 11 is 0. The van der Waals surface area contributed by atoms with Gasteiger partial charge in [0.15, 0.2) is 5.78 Å². The Morgan fingerprint density at radius 2 is 1.59 bits per heavy atom. The summed E-state index contributed by atoms with van der Waals surface area (Å²) in [4.78, 5) is 21.3. The molecular formula is C18H28O4. The molecule has 22 heavy (non-hydrogen) atoms. The quantitative estimate of drug-likeness (QED) is 0.308. The molecule has 0 aliphatic rings. The Labute approximate surface area is 133 Å². The summed E-state index contributed by atoms with van der Waals surface area (Å²) in [6.07, 6.45) is 15.9. The van der Waals surface area contributed by atoms with Crippen LogP contribution < -0.4 is 0 Å². The van der Waals surface area contributed by atoms with Crippen LogP contribution in [-0.4, -0.2) is 28.1 Å². The number of carboxylic acid groups (broad SMARTS) is 1. The smallest absolute Gasteiger partial charge is 0.303 e. The first kappa shape index (κ1) is 20.3. The molecule has 0 aromatic carbocycles. The fourth-order valence-electron chi connectivity index (χ4n) is 1.86. The first-order valence-electron chi connectivity index (χ1n) is 8.00. The summed E-state index contributed by atoms with van der Waals surface area (Å²) in [5, 5.41) is 18.2. The van der Waals surface area contributed by atoms with Gasteiger partial charge in [-0.15, -0.1) is 0 Å². The average molecular weight is 308 g/mol. The summed E-state index contributed by atoms with van der Waals surface area (Å²) in [7, 11) is 0. The summed E-state index contributed by atoms with van der Waals surface area (Å²) < 4.78 is 0. The van der Waals surface area contributed by atoms with E-state index in [1.807, 2.05) is 6.92 Å². The molecule has 0 unspecified atom stereocenters. The molecule has 0 spiro atoms. The largest absolute Gasteiger partial charge is 0.481 e. The Balaban J connectivity index is 3.60. The molecule has 0 aromatic rings. The molecule has 2 N–H and O–H groups in total. The third kappa shape index (κ3) is 14.7. The minimum absolute atomic E-state index is 0.0945. The standard InChI is InChI=1S/C18H28O4/c1-2-16(19)12-8-6-7-10-14-17(20)13-9-4-3-5-11-15-18(21)22/h6-8,10,12,14,17,20H,2-5,9,11,13,15H2,1H3,(H,21,22)/b7-6+,12-8+,14-10+/t17-/m1/s1. The van der Waals surface area contributed by atoms with Crippen LogP contribution in [0, 0.1) is 0 Å². The number of rotatable bonds is 13. The van der Waals surface area contributed by atoms with E-state index in [4.69, 9.17) is 5.11 Å². The number of aliphatic carboxylic acids is 1. The summed E-state index contributed by atoms with van der Waals surface area (Å²) in [5.74, 6) is -0.639. The Hall–Kier alpha value is -1.68. The van der Waals surface area contributed by atoms with Gasteiger partial charge in [-0.2, -0.15) is 0 Å². The van der Waals surface area contributed by atoms with Crippen molar-refractivity contribution in [1.82, 2.24) is 0 Å². The van der Waals surface area contributed by atoms with Gasteiger partial charge in [0.1, 0.15) is 0 Å². The Morgan fingerprint density at radius 3 is 2.27 bits per heavy atom. The van der Waals surface area contributed by atoms with Gasteiger partial charge in [0.2, 0.25) is 0 Å². The molecule has 1 atom stereocenters. The molecule has 0 amide bonds. The Bertz CT molecular complexity index is 394. The number of aliphatic hydroxyl groups excluding tert-OH is 1. The molecule has 4 heteroatoms. The lowest BCUT2D eigenvalue weighted by Gasteiger charge is -2.04. The van der Waals surface area contributed by atoms with Gasteiger partial charge in [-0.25, -0.2) is 0 Å². The van der Waals surface area contributed by atoms with Crippen LogP contribution in [0.1, 0.15) is 58.3 Å². The highest BCUT2D eigenvalue weighted by atomic mass is 16.4. The van der Waals surface area contributed by atoms with Crippen LogP contribution in [-0.2, 0) is 9.59 Å². The van der Waals surface area contributed by atoms with E-state index in [0.29, 0.717) is 12.8 Å². The van der Waals surface area contributed by atoms with E-state index >= 15 is 0 Å². The second kappa shape index (κ2) is 14.3. The first-order valence-corrected chi connectivity index (χ1v) is 8.00. The number of ketones is 1. The second-order valence-corrected chi connectivity index (χ2v) is 5.22. The first-order chi connectivity index (χ1) is 10.6. The molecule has 0 bridgehead atoms. The number of carbonyl (C=O) groups excluding carboxylic acids is 1. The van der Waals surface area contributed by atoms with E-state index < -0.39 is 12.1 Å². The molecule has 0 aliphatic carbocycles. The predicted octanol–water partition coefficient (Wildman–Crippen LogP) is 3.81. The highest BCUT2D eigenvalue weighted by molar-refractivity contribution is 5.89. The monoisotopic (exact) mass is 308 g/mol. The van der Waals surface area contributed by atoms with Crippen LogP contribution in [0.2, 0.25) is 0 Å². The average Bonchev–Trinajstić information content (AvgIpc) is 2.49. The van der Waals surface area contributed by atoms with E-state index in [2.05, 4.69) is 0 Å². The van der Waals surface area contributed by atoms with Crippen LogP contribution in [0.3, 0.4) is 0 Å². The third-order valence-electron chi connectivity index (χ3n) is 3.19. The normalized spacial score (nSPS) is 13.4. The maximum Gasteiger partial charge on any atom is 0.303 e. The lowest BCUT2D eigenvalue weighted by Crippen LogP contribution is -2.01. The summed E-state index contributed by atoms with van der Waals surface area (Å²) in [6, 6.07) is 0. The number of allylic oxidation sites excluding steroid dienone is 5. The van der Waals surface area contributed by atoms with Crippen molar-refractivity contribution in [2.75, 3.05) is 0 Å². The van der Waals surface area contributed by atoms with E-state index in [1.165, 1.54) is 6.08 Å². The van der Waals surface area contributed by atoms with Crippen LogP contribution in [0.4, 0.5) is 0 Å². The van der Waals surface area contributed by atoms with Crippen molar-refractivity contribution in [2.45, 2.75) is 64.4 Å². The van der Waals surface area contributed by atoms with Crippen molar-refractivity contribution < 1.29 is 19.8 Å². The third-order valence-corrected chi connectivity index (χ3v) is 3.19. The van der Waals surface area contributed by atoms with Gasteiger partial charge in [0.05, 0.1) is 6.10 Å². The van der Waals surface area contributed by atoms with Crippen molar-refractivity contribution in [1.29, 1.82) is 0 Å². The molecular weight excluding hydrogens is 280 g/mol. The van der Waals surface area contributed by atoms with Crippen molar-refractivity contribution in [3.05, 3.63) is 36.5 Å². The van der Waals surface area contributed by atoms with Crippen LogP contribution >= 0.6 is 0 Å². The van der Waals surface area contributed by atoms with E-state index in [0.717, 1.165) is 32.1 Å². The van der Waals surface area contributed by atoms with E-state index in [9.17, 15) is 14.7 Å². The number of hydrogen-bond donors (Lipinski definition) is 2. The predicted molar refractivity (Wildman–Crippen MR) is 88.7 cm³/mol. The highest BCUT2D eigenvalue weighted by Crippen LogP contribution is 2.09. The molecule has 124 valence electrons. The summed E-state index contributed by atoms with van der Waals surface area (Å²) in [5.41, 5.74) is 0. The number of hydrogen-bond acceptors (Lipinski definition) is 3. The molecule has 0 saturated carbocycles. The van der Waals surface area contributed by atoms with Gasteiger partial charge in [-0.05, 0) is 18.9 Å². The SMILES string of the molecule is CCC(=O)/C=C/C=C/C=C/[C@H](O)CCCCCCCC(=O)O. The maximum atomic E-state index is 11.0. The molecule has 0 saturated heterocycles. The van der Waals surface area contributed by atoms with Gasteiger partial charge < -0.3 is 10.2 Å². The zero-order valence-corrected chi connectivity index (χ0v) is 13.4. The number of aliphatic hydroxyl groups is 1. The zero-order chi connectivity index (χ0) is 16.6. The maximum absolute atomic E-state index is 11.0. The van der Waals surface area contributed by atoms with Crippen LogP contribution in [0.25, 0.3) is 0 Å². The van der Waals surface area contributed by atoms with E-state index in [-0.39, 0.29) is 12.2 Å². The fraction of sp³-hybridized carbons (Fsp3) is 0.556.